The number of hydrogen-bond acceptors (Lipinski definition) is 2. The highest BCUT2D eigenvalue weighted by Crippen LogP contribution is 2.21. The van der Waals surface area contributed by atoms with E-state index in [4.69, 9.17) is 11.6 Å². The Balaban J connectivity index is 2.18. The lowest BCUT2D eigenvalue weighted by molar-refractivity contribution is -0.115. The van der Waals surface area contributed by atoms with Crippen LogP contribution in [0.5, 0.6) is 0 Å². The number of hydrogen-bond donors (Lipinski definition) is 2. The average Bonchev–Trinajstić information content (AvgIpc) is 2.78. The summed E-state index contributed by atoms with van der Waals surface area (Å²) in [6.07, 6.45) is 0.434. The van der Waals surface area contributed by atoms with E-state index in [-0.39, 0.29) is 5.91 Å². The molecule has 0 bridgehead atoms. The van der Waals surface area contributed by atoms with Crippen LogP contribution in [0.2, 0.25) is 5.02 Å². The van der Waals surface area contributed by atoms with Crippen LogP contribution in [-0.2, 0) is 4.79 Å². The molecule has 5 heteroatoms. The second-order valence-corrected chi connectivity index (χ2v) is 4.01. The fraction of sp³-hybridized carbons (Fsp3) is 0.167. The lowest BCUT2D eigenvalue weighted by Crippen LogP contribution is -2.09. The van der Waals surface area contributed by atoms with Gasteiger partial charge in [0.05, 0.1) is 5.69 Å². The summed E-state index contributed by atoms with van der Waals surface area (Å²) in [5.41, 5.74) is 1.81. The summed E-state index contributed by atoms with van der Waals surface area (Å²) < 4.78 is 0. The lowest BCUT2D eigenvalue weighted by atomic mass is 10.1. The summed E-state index contributed by atoms with van der Waals surface area (Å²) in [6, 6.07) is 9.18. The molecule has 0 saturated carbocycles. The number of rotatable bonds is 3. The van der Waals surface area contributed by atoms with Gasteiger partial charge >= 0.3 is 0 Å². The first-order valence-electron chi connectivity index (χ1n) is 5.30. The number of amides is 1. The molecule has 0 aliphatic heterocycles. The number of carbonyl (C=O) groups excluding carboxylic acids is 1. The molecule has 2 rings (SSSR count). The van der Waals surface area contributed by atoms with Gasteiger partial charge in [-0.25, -0.2) is 0 Å². The van der Waals surface area contributed by atoms with Crippen LogP contribution in [0.15, 0.2) is 30.3 Å². The largest absolute Gasteiger partial charge is 0.309 e. The molecule has 0 saturated heterocycles. The molecular weight excluding hydrogens is 238 g/mol. The number of H-pyrrole nitrogens is 1. The van der Waals surface area contributed by atoms with Crippen molar-refractivity contribution in [1.29, 1.82) is 0 Å². The highest BCUT2D eigenvalue weighted by molar-refractivity contribution is 6.30. The zero-order valence-electron chi connectivity index (χ0n) is 9.33. The molecule has 0 aliphatic carbocycles. The fourth-order valence-corrected chi connectivity index (χ4v) is 1.52. The second kappa shape index (κ2) is 5.01. The molecular formula is C12H12ClN3O. The van der Waals surface area contributed by atoms with Crippen molar-refractivity contribution in [2.24, 2.45) is 0 Å². The van der Waals surface area contributed by atoms with Gasteiger partial charge in [-0.2, -0.15) is 5.10 Å². The van der Waals surface area contributed by atoms with Crippen molar-refractivity contribution in [3.8, 4) is 11.3 Å². The molecule has 2 aromatic rings. The van der Waals surface area contributed by atoms with Gasteiger partial charge in [-0.1, -0.05) is 30.7 Å². The first kappa shape index (κ1) is 11.7. The normalized spacial score (nSPS) is 10.2. The maximum Gasteiger partial charge on any atom is 0.225 e. The molecule has 0 unspecified atom stereocenters. The SMILES string of the molecule is CCC(=O)Nc1cc(-c2ccc(Cl)cc2)[nH]n1. The van der Waals surface area contributed by atoms with Crippen molar-refractivity contribution >= 4 is 23.3 Å². The molecule has 0 spiro atoms. The van der Waals surface area contributed by atoms with Gasteiger partial charge < -0.3 is 5.32 Å². The summed E-state index contributed by atoms with van der Waals surface area (Å²) in [7, 11) is 0. The molecule has 0 aliphatic rings. The molecule has 0 radical (unpaired) electrons. The van der Waals surface area contributed by atoms with Gasteiger partial charge in [0.25, 0.3) is 0 Å². The Morgan fingerprint density at radius 1 is 1.41 bits per heavy atom. The maximum atomic E-state index is 11.2. The van der Waals surface area contributed by atoms with Crippen molar-refractivity contribution in [3.05, 3.63) is 35.4 Å². The number of benzene rings is 1. The number of aromatic amines is 1. The predicted octanol–water partition coefficient (Wildman–Crippen LogP) is 3.08. The van der Waals surface area contributed by atoms with Crippen molar-refractivity contribution in [2.75, 3.05) is 5.32 Å². The molecule has 1 heterocycles. The Labute approximate surface area is 104 Å². The minimum atomic E-state index is -0.0563. The molecule has 1 aromatic heterocycles. The maximum absolute atomic E-state index is 11.2. The molecule has 1 amide bonds. The van der Waals surface area contributed by atoms with E-state index >= 15 is 0 Å². The lowest BCUT2D eigenvalue weighted by Gasteiger charge is -1.97. The smallest absolute Gasteiger partial charge is 0.225 e. The summed E-state index contributed by atoms with van der Waals surface area (Å²) in [6.45, 7) is 1.79. The summed E-state index contributed by atoms with van der Waals surface area (Å²) in [5.74, 6) is 0.473. The predicted molar refractivity (Wildman–Crippen MR) is 68.0 cm³/mol. The molecule has 4 nitrogen and oxygen atoms in total. The molecule has 0 fully saturated rings. The Morgan fingerprint density at radius 2 is 2.12 bits per heavy atom. The first-order valence-corrected chi connectivity index (χ1v) is 5.68. The Morgan fingerprint density at radius 3 is 2.76 bits per heavy atom. The number of halogens is 1. The molecule has 1 aromatic carbocycles. The van der Waals surface area contributed by atoms with Gasteiger partial charge in [-0.05, 0) is 17.7 Å². The number of nitrogens with zero attached hydrogens (tertiary/aromatic N) is 1. The van der Waals surface area contributed by atoms with Crippen LogP contribution in [0.1, 0.15) is 13.3 Å². The van der Waals surface area contributed by atoms with Gasteiger partial charge in [0.2, 0.25) is 5.91 Å². The van der Waals surface area contributed by atoms with Crippen molar-refractivity contribution in [2.45, 2.75) is 13.3 Å². The van der Waals surface area contributed by atoms with Crippen LogP contribution in [0.4, 0.5) is 5.82 Å². The van der Waals surface area contributed by atoms with Crippen LogP contribution >= 0.6 is 11.6 Å². The van der Waals surface area contributed by atoms with Gasteiger partial charge in [0, 0.05) is 17.5 Å². The summed E-state index contributed by atoms with van der Waals surface area (Å²) in [4.78, 5) is 11.2. The Hall–Kier alpha value is -1.81. The van der Waals surface area contributed by atoms with Gasteiger partial charge in [0.15, 0.2) is 5.82 Å². The van der Waals surface area contributed by atoms with E-state index in [1.807, 2.05) is 24.3 Å². The minimum absolute atomic E-state index is 0.0563. The van der Waals surface area contributed by atoms with E-state index in [0.717, 1.165) is 11.3 Å². The molecule has 17 heavy (non-hydrogen) atoms. The van der Waals surface area contributed by atoms with E-state index in [9.17, 15) is 4.79 Å². The number of aromatic nitrogens is 2. The Bertz CT molecular complexity index is 519. The first-order chi connectivity index (χ1) is 8.19. The number of nitrogens with one attached hydrogen (secondary N) is 2. The monoisotopic (exact) mass is 249 g/mol. The average molecular weight is 250 g/mol. The van der Waals surface area contributed by atoms with E-state index < -0.39 is 0 Å². The van der Waals surface area contributed by atoms with Gasteiger partial charge in [-0.3, -0.25) is 9.89 Å². The second-order valence-electron chi connectivity index (χ2n) is 3.58. The topological polar surface area (TPSA) is 57.8 Å². The van der Waals surface area contributed by atoms with Crippen LogP contribution < -0.4 is 5.32 Å². The van der Waals surface area contributed by atoms with Crippen molar-refractivity contribution < 1.29 is 4.79 Å². The minimum Gasteiger partial charge on any atom is -0.309 e. The summed E-state index contributed by atoms with van der Waals surface area (Å²) in [5, 5.41) is 10.2. The zero-order valence-corrected chi connectivity index (χ0v) is 10.1. The molecule has 0 atom stereocenters. The summed E-state index contributed by atoms with van der Waals surface area (Å²) >= 11 is 5.81. The van der Waals surface area contributed by atoms with Gasteiger partial charge in [-0.15, -0.1) is 0 Å². The number of carbonyl (C=O) groups is 1. The number of anilines is 1. The highest BCUT2D eigenvalue weighted by Gasteiger charge is 2.05. The van der Waals surface area contributed by atoms with E-state index in [1.54, 1.807) is 13.0 Å². The highest BCUT2D eigenvalue weighted by atomic mass is 35.5. The van der Waals surface area contributed by atoms with E-state index in [1.165, 1.54) is 0 Å². The third-order valence-electron chi connectivity index (χ3n) is 2.32. The zero-order chi connectivity index (χ0) is 12.3. The van der Waals surface area contributed by atoms with Crippen LogP contribution in [-0.4, -0.2) is 16.1 Å². The third kappa shape index (κ3) is 2.85. The van der Waals surface area contributed by atoms with Crippen molar-refractivity contribution in [3.63, 3.8) is 0 Å². The van der Waals surface area contributed by atoms with Crippen LogP contribution in [0.25, 0.3) is 11.3 Å². The van der Waals surface area contributed by atoms with Crippen molar-refractivity contribution in [1.82, 2.24) is 10.2 Å². The van der Waals surface area contributed by atoms with Crippen LogP contribution in [0, 0.1) is 0 Å². The standard InChI is InChI=1S/C12H12ClN3O/c1-2-12(17)14-11-7-10(15-16-11)8-3-5-9(13)6-4-8/h3-7H,2H2,1H3,(H2,14,15,16,17). The van der Waals surface area contributed by atoms with E-state index in [2.05, 4.69) is 15.5 Å². The van der Waals surface area contributed by atoms with Crippen LogP contribution in [0.3, 0.4) is 0 Å². The van der Waals surface area contributed by atoms with Gasteiger partial charge in [0.1, 0.15) is 0 Å². The third-order valence-corrected chi connectivity index (χ3v) is 2.57. The molecule has 2 N–H and O–H groups in total. The fourth-order valence-electron chi connectivity index (χ4n) is 1.39. The van der Waals surface area contributed by atoms with E-state index in [0.29, 0.717) is 17.3 Å². The quantitative estimate of drug-likeness (QED) is 0.878. The Kier molecular flexibility index (Phi) is 3.44. The molecule has 88 valence electrons.